The van der Waals surface area contributed by atoms with Gasteiger partial charge in [-0.2, -0.15) is 5.26 Å². The number of anilines is 2. The highest BCUT2D eigenvalue weighted by Crippen LogP contribution is 2.16. The Labute approximate surface area is 117 Å². The third kappa shape index (κ3) is 3.67. The molecule has 20 heavy (non-hydrogen) atoms. The van der Waals surface area contributed by atoms with E-state index in [1.807, 2.05) is 30.3 Å². The molecule has 0 aliphatic heterocycles. The lowest BCUT2D eigenvalue weighted by Crippen LogP contribution is -2.24. The minimum Gasteiger partial charge on any atom is -0.365 e. The second kappa shape index (κ2) is 7.07. The first-order valence-corrected chi connectivity index (χ1v) is 6.28. The van der Waals surface area contributed by atoms with E-state index in [0.717, 1.165) is 11.4 Å². The zero-order valence-corrected chi connectivity index (χ0v) is 11.0. The molecule has 0 bridgehead atoms. The molecule has 3 N–H and O–H groups in total. The maximum atomic E-state index is 8.77. The van der Waals surface area contributed by atoms with Crippen LogP contribution in [-0.4, -0.2) is 16.5 Å². The molecule has 0 aliphatic rings. The van der Waals surface area contributed by atoms with E-state index in [2.05, 4.69) is 26.4 Å². The van der Waals surface area contributed by atoms with Crippen LogP contribution >= 0.6 is 0 Å². The Morgan fingerprint density at radius 2 is 2.00 bits per heavy atom. The molecule has 6 nitrogen and oxygen atoms in total. The maximum Gasteiger partial charge on any atom is 0.158 e. The Morgan fingerprint density at radius 1 is 1.20 bits per heavy atom. The fourth-order valence-corrected chi connectivity index (χ4v) is 1.83. The van der Waals surface area contributed by atoms with Gasteiger partial charge in [-0.25, -0.2) is 10.8 Å². The molecule has 2 rings (SSSR count). The molecule has 0 fully saturated rings. The lowest BCUT2D eigenvalue weighted by Gasteiger charge is -2.23. The predicted octanol–water partition coefficient (Wildman–Crippen LogP) is 1.68. The summed E-state index contributed by atoms with van der Waals surface area (Å²) in [6.45, 7) is 1.25. The van der Waals surface area contributed by atoms with Gasteiger partial charge in [0.15, 0.2) is 5.82 Å². The Kier molecular flexibility index (Phi) is 4.87. The summed E-state index contributed by atoms with van der Waals surface area (Å²) in [5.41, 5.74) is 4.33. The van der Waals surface area contributed by atoms with Crippen LogP contribution in [0.15, 0.2) is 42.7 Å². The summed E-state index contributed by atoms with van der Waals surface area (Å²) in [5, 5.41) is 8.77. The van der Waals surface area contributed by atoms with Crippen molar-refractivity contribution in [3.05, 3.63) is 48.4 Å². The molecule has 0 saturated heterocycles. The van der Waals surface area contributed by atoms with Crippen molar-refractivity contribution in [1.82, 2.24) is 9.97 Å². The number of aromatic nitrogens is 2. The van der Waals surface area contributed by atoms with Gasteiger partial charge in [0.1, 0.15) is 0 Å². The number of nitrogens with two attached hydrogens (primary N) is 1. The molecule has 0 spiro atoms. The number of rotatable bonds is 6. The number of hydrazine groups is 1. The third-order valence-electron chi connectivity index (χ3n) is 2.82. The molecular formula is C14H16N6. The minimum atomic E-state index is 0.463. The first-order valence-electron chi connectivity index (χ1n) is 6.28. The van der Waals surface area contributed by atoms with E-state index in [1.165, 1.54) is 0 Å². The van der Waals surface area contributed by atoms with Gasteiger partial charge in [0.05, 0.1) is 37.1 Å². The van der Waals surface area contributed by atoms with E-state index < -0.39 is 0 Å². The Bertz CT molecular complexity index is 560. The van der Waals surface area contributed by atoms with E-state index in [-0.39, 0.29) is 0 Å². The van der Waals surface area contributed by atoms with Gasteiger partial charge in [0.25, 0.3) is 0 Å². The van der Waals surface area contributed by atoms with E-state index in [1.54, 1.807) is 12.4 Å². The van der Waals surface area contributed by atoms with Gasteiger partial charge >= 0.3 is 0 Å². The molecule has 0 atom stereocenters. The number of para-hydroxylation sites is 1. The third-order valence-corrected chi connectivity index (χ3v) is 2.82. The predicted molar refractivity (Wildman–Crippen MR) is 77.6 cm³/mol. The van der Waals surface area contributed by atoms with Crippen molar-refractivity contribution in [2.24, 2.45) is 5.84 Å². The Balaban J connectivity index is 2.13. The van der Waals surface area contributed by atoms with Crippen LogP contribution in [-0.2, 0) is 6.54 Å². The molecule has 0 saturated carbocycles. The Hall–Kier alpha value is -2.65. The second-order valence-electron chi connectivity index (χ2n) is 4.20. The van der Waals surface area contributed by atoms with E-state index in [4.69, 9.17) is 11.1 Å². The highest BCUT2D eigenvalue weighted by Gasteiger charge is 2.08. The van der Waals surface area contributed by atoms with Gasteiger partial charge in [0, 0.05) is 12.2 Å². The highest BCUT2D eigenvalue weighted by molar-refractivity contribution is 5.46. The zero-order valence-electron chi connectivity index (χ0n) is 11.0. The van der Waals surface area contributed by atoms with Gasteiger partial charge < -0.3 is 10.3 Å². The largest absolute Gasteiger partial charge is 0.365 e. The number of nitrogens with one attached hydrogen (secondary N) is 1. The molecule has 1 aromatic heterocycles. The summed E-state index contributed by atoms with van der Waals surface area (Å²) in [7, 11) is 0. The molecule has 6 heteroatoms. The summed E-state index contributed by atoms with van der Waals surface area (Å²) in [4.78, 5) is 10.5. The number of nitrogens with zero attached hydrogens (tertiary/aromatic N) is 4. The number of benzene rings is 1. The smallest absolute Gasteiger partial charge is 0.158 e. The maximum absolute atomic E-state index is 8.77. The molecule has 1 aromatic carbocycles. The van der Waals surface area contributed by atoms with Crippen LogP contribution in [0.2, 0.25) is 0 Å². The lowest BCUT2D eigenvalue weighted by atomic mass is 10.2. The Morgan fingerprint density at radius 3 is 2.60 bits per heavy atom. The van der Waals surface area contributed by atoms with Crippen LogP contribution in [0.25, 0.3) is 0 Å². The van der Waals surface area contributed by atoms with Gasteiger partial charge in [-0.15, -0.1) is 0 Å². The summed E-state index contributed by atoms with van der Waals surface area (Å²) in [6, 6.07) is 12.1. The molecule has 0 amide bonds. The van der Waals surface area contributed by atoms with Crippen LogP contribution in [0.5, 0.6) is 0 Å². The van der Waals surface area contributed by atoms with Gasteiger partial charge in [-0.3, -0.25) is 4.98 Å². The van der Waals surface area contributed by atoms with Crippen molar-refractivity contribution in [2.45, 2.75) is 13.0 Å². The van der Waals surface area contributed by atoms with Crippen molar-refractivity contribution < 1.29 is 0 Å². The number of nitrogen functional groups attached to an aromatic ring is 1. The normalized spacial score (nSPS) is 9.80. The van der Waals surface area contributed by atoms with Crippen LogP contribution < -0.4 is 16.2 Å². The molecular weight excluding hydrogens is 252 g/mol. The fourth-order valence-electron chi connectivity index (χ4n) is 1.83. The second-order valence-corrected chi connectivity index (χ2v) is 4.20. The summed E-state index contributed by atoms with van der Waals surface area (Å²) in [6.07, 6.45) is 3.73. The molecule has 102 valence electrons. The van der Waals surface area contributed by atoms with Crippen molar-refractivity contribution in [3.8, 4) is 6.07 Å². The van der Waals surface area contributed by atoms with Crippen molar-refractivity contribution >= 4 is 11.5 Å². The van der Waals surface area contributed by atoms with E-state index >= 15 is 0 Å². The molecule has 0 radical (unpaired) electrons. The monoisotopic (exact) mass is 268 g/mol. The average Bonchev–Trinajstić information content (AvgIpc) is 2.53. The van der Waals surface area contributed by atoms with Crippen molar-refractivity contribution in [3.63, 3.8) is 0 Å². The van der Waals surface area contributed by atoms with Crippen LogP contribution in [0, 0.1) is 11.3 Å². The number of hydrogen-bond donors (Lipinski definition) is 2. The average molecular weight is 268 g/mol. The van der Waals surface area contributed by atoms with Crippen LogP contribution in [0.4, 0.5) is 11.5 Å². The zero-order chi connectivity index (χ0) is 14.2. The summed E-state index contributed by atoms with van der Waals surface area (Å²) >= 11 is 0. The highest BCUT2D eigenvalue weighted by atomic mass is 15.3. The van der Waals surface area contributed by atoms with Crippen LogP contribution in [0.1, 0.15) is 12.1 Å². The van der Waals surface area contributed by atoms with Crippen LogP contribution in [0.3, 0.4) is 0 Å². The molecule has 1 heterocycles. The van der Waals surface area contributed by atoms with Gasteiger partial charge in [-0.1, -0.05) is 18.2 Å². The summed E-state index contributed by atoms with van der Waals surface area (Å²) < 4.78 is 0. The SMILES string of the molecule is N#CCCN(Cc1cnc(NN)cn1)c1ccccc1. The minimum absolute atomic E-state index is 0.463. The number of nitriles is 1. The molecule has 2 aromatic rings. The topological polar surface area (TPSA) is 90.9 Å². The van der Waals surface area contributed by atoms with E-state index in [0.29, 0.717) is 25.3 Å². The van der Waals surface area contributed by atoms with Crippen molar-refractivity contribution in [2.75, 3.05) is 16.9 Å². The fraction of sp³-hybridized carbons (Fsp3) is 0.214. The molecule has 0 unspecified atom stereocenters. The quantitative estimate of drug-likeness (QED) is 0.612. The standard InChI is InChI=1S/C14H16N6/c15-7-4-8-20(13-5-2-1-3-6-13)11-12-9-18-14(19-16)10-17-12/h1-3,5-6,9-10H,4,8,11,16H2,(H,18,19). The van der Waals surface area contributed by atoms with Crippen molar-refractivity contribution in [1.29, 1.82) is 5.26 Å². The van der Waals surface area contributed by atoms with E-state index in [9.17, 15) is 0 Å². The lowest BCUT2D eigenvalue weighted by molar-refractivity contribution is 0.776. The summed E-state index contributed by atoms with van der Waals surface area (Å²) in [5.74, 6) is 5.78. The first kappa shape index (κ1) is 13.8. The molecule has 0 aliphatic carbocycles. The first-order chi connectivity index (χ1) is 9.83. The van der Waals surface area contributed by atoms with Gasteiger partial charge in [0.2, 0.25) is 0 Å². The van der Waals surface area contributed by atoms with Gasteiger partial charge in [-0.05, 0) is 12.1 Å². The number of hydrogen-bond acceptors (Lipinski definition) is 6.